The van der Waals surface area contributed by atoms with E-state index in [9.17, 15) is 0 Å². The molecule has 0 N–H and O–H groups in total. The average molecular weight is 544 g/mol. The van der Waals surface area contributed by atoms with Gasteiger partial charge in [0, 0.05) is 11.4 Å². The molecule has 0 aliphatic carbocycles. The molecular weight excluding hydrogens is 522 g/mol. The Bertz CT molecular complexity index is 901. The van der Waals surface area contributed by atoms with Gasteiger partial charge < -0.3 is 4.98 Å². The van der Waals surface area contributed by atoms with E-state index in [4.69, 9.17) is 15.0 Å². The summed E-state index contributed by atoms with van der Waals surface area (Å²) in [7, 11) is 0. The predicted octanol–water partition coefficient (Wildman–Crippen LogP) is 7.23. The summed E-state index contributed by atoms with van der Waals surface area (Å²) in [6.45, 7) is 8.11. The Morgan fingerprint density at radius 1 is 0.714 bits per heavy atom. The molecule has 0 atom stereocenters. The minimum absolute atomic E-state index is 0.875. The molecule has 0 fully saturated rings. The Morgan fingerprint density at radius 3 is 1.43 bits per heavy atom. The van der Waals surface area contributed by atoms with E-state index in [0.29, 0.717) is 0 Å². The Kier molecular flexibility index (Phi) is 9.39. The predicted molar refractivity (Wildman–Crippen MR) is 124 cm³/mol. The van der Waals surface area contributed by atoms with E-state index in [-0.39, 0.29) is 0 Å². The van der Waals surface area contributed by atoms with Crippen LogP contribution >= 0.6 is 28.2 Å². The molecule has 0 saturated heterocycles. The van der Waals surface area contributed by atoms with Gasteiger partial charge in [-0.15, -0.1) is 11.4 Å². The second-order valence-corrected chi connectivity index (χ2v) is 11.8. The number of nitrogens with zero attached hydrogens (tertiary/aromatic N) is 3. The molecular formula is C22H22Br2FeN3. The summed E-state index contributed by atoms with van der Waals surface area (Å²) in [4.78, 5) is 14.1. The monoisotopic (exact) mass is 542 g/mol. The number of hydrogen-bond donors (Lipinski definition) is 0. The molecule has 3 nitrogen and oxygen atoms in total. The van der Waals surface area contributed by atoms with Crippen LogP contribution in [0.4, 0.5) is 11.4 Å². The second-order valence-electron chi connectivity index (χ2n) is 6.23. The van der Waals surface area contributed by atoms with Crippen LogP contribution < -0.4 is 4.98 Å². The number of aliphatic imine (C=N–C) groups is 2. The van der Waals surface area contributed by atoms with Gasteiger partial charge in [0.1, 0.15) is 0 Å². The van der Waals surface area contributed by atoms with Crippen LogP contribution in [0.1, 0.15) is 36.4 Å². The number of rotatable bonds is 4. The Morgan fingerprint density at radius 2 is 1.07 bits per heavy atom. The topological polar surface area (TPSA) is 38.8 Å². The Hall–Kier alpha value is -1.46. The molecule has 2 aromatic carbocycles. The zero-order chi connectivity index (χ0) is 20.5. The van der Waals surface area contributed by atoms with E-state index < -0.39 is 0 Å². The van der Waals surface area contributed by atoms with E-state index in [2.05, 4.69) is 54.2 Å². The third kappa shape index (κ3) is 6.56. The van der Waals surface area contributed by atoms with E-state index in [1.165, 1.54) is 0 Å². The fourth-order valence-corrected chi connectivity index (χ4v) is 2.62. The summed E-state index contributed by atoms with van der Waals surface area (Å²) in [5.74, 6) is 0. The minimum atomic E-state index is 0.875. The molecule has 0 unspecified atom stereocenters. The SMILES string of the molecule is CC(=Nc1ccccc1C)c1ccc(C(C)=Nc2ccccc2C)[n-]1.[Br][Fe+][Br]. The molecule has 0 bridgehead atoms. The van der Waals surface area contributed by atoms with E-state index in [0.717, 1.165) is 56.7 Å². The van der Waals surface area contributed by atoms with Crippen molar-refractivity contribution < 1.29 is 11.3 Å². The summed E-state index contributed by atoms with van der Waals surface area (Å²) in [5, 5.41) is 0. The number of aromatic nitrogens is 1. The van der Waals surface area contributed by atoms with Crippen molar-refractivity contribution in [3.05, 3.63) is 83.2 Å². The summed E-state index contributed by atoms with van der Waals surface area (Å²) < 4.78 is 0. The number of aryl methyl sites for hydroxylation is 2. The quantitative estimate of drug-likeness (QED) is 0.253. The van der Waals surface area contributed by atoms with Gasteiger partial charge in [-0.25, -0.2) is 0 Å². The third-order valence-electron chi connectivity index (χ3n) is 4.19. The van der Waals surface area contributed by atoms with Gasteiger partial charge >= 0.3 is 39.6 Å². The first-order valence-electron chi connectivity index (χ1n) is 8.67. The van der Waals surface area contributed by atoms with Crippen molar-refractivity contribution in [1.82, 2.24) is 4.98 Å². The van der Waals surface area contributed by atoms with Crippen LogP contribution in [0.3, 0.4) is 0 Å². The molecule has 28 heavy (non-hydrogen) atoms. The summed E-state index contributed by atoms with van der Waals surface area (Å²) in [6.07, 6.45) is 0. The van der Waals surface area contributed by atoms with Crippen molar-refractivity contribution >= 4 is 51.0 Å². The average Bonchev–Trinajstić information content (AvgIpc) is 3.17. The van der Waals surface area contributed by atoms with Gasteiger partial charge in [-0.05, 0) is 51.0 Å². The van der Waals surface area contributed by atoms with Crippen molar-refractivity contribution in [1.29, 1.82) is 0 Å². The zero-order valence-electron chi connectivity index (χ0n) is 16.2. The molecule has 0 aliphatic heterocycles. The molecule has 1 aromatic heterocycles. The van der Waals surface area contributed by atoms with Crippen molar-refractivity contribution in [2.24, 2.45) is 9.98 Å². The molecule has 1 heterocycles. The Labute approximate surface area is 187 Å². The molecule has 6 heteroatoms. The fraction of sp³-hybridized carbons (Fsp3) is 0.182. The van der Waals surface area contributed by atoms with Crippen molar-refractivity contribution in [3.63, 3.8) is 0 Å². The van der Waals surface area contributed by atoms with Gasteiger partial charge in [0.2, 0.25) is 0 Å². The molecule has 3 aromatic rings. The van der Waals surface area contributed by atoms with E-state index in [1.807, 2.05) is 62.4 Å². The second kappa shape index (κ2) is 11.5. The maximum atomic E-state index is 4.71. The van der Waals surface area contributed by atoms with Crippen molar-refractivity contribution in [2.45, 2.75) is 27.7 Å². The molecule has 3 rings (SSSR count). The van der Waals surface area contributed by atoms with Crippen LogP contribution in [0.15, 0.2) is 70.6 Å². The first-order chi connectivity index (χ1) is 13.5. The van der Waals surface area contributed by atoms with Gasteiger partial charge in [0.25, 0.3) is 0 Å². The fourth-order valence-electron chi connectivity index (χ4n) is 2.62. The number of halogens is 2. The van der Waals surface area contributed by atoms with Crippen LogP contribution in [-0.4, -0.2) is 11.4 Å². The normalized spacial score (nSPS) is 11.8. The first-order valence-corrected chi connectivity index (χ1v) is 14.1. The van der Waals surface area contributed by atoms with E-state index >= 15 is 0 Å². The zero-order valence-corrected chi connectivity index (χ0v) is 20.5. The van der Waals surface area contributed by atoms with Crippen molar-refractivity contribution in [2.75, 3.05) is 0 Å². The summed E-state index contributed by atoms with van der Waals surface area (Å²) in [6, 6.07) is 20.2. The van der Waals surface area contributed by atoms with Crippen LogP contribution in [0, 0.1) is 13.8 Å². The molecule has 0 saturated carbocycles. The van der Waals surface area contributed by atoms with Crippen LogP contribution in [0.25, 0.3) is 0 Å². The molecule has 0 spiro atoms. The van der Waals surface area contributed by atoms with Gasteiger partial charge in [0.05, 0.1) is 11.4 Å². The molecule has 0 radical (unpaired) electrons. The standard InChI is InChI=1S/C22H22N3.2BrH.Fe/c1-15-9-5-7-11-19(15)23-17(3)21-13-14-22(25-21)18(4)24-20-12-8-6-10-16(20)2;;;/h5-14H,1-4H3;2*1H;/q-1;;;+3/p-2. The number of para-hydroxylation sites is 2. The van der Waals surface area contributed by atoms with Crippen LogP contribution in [0.2, 0.25) is 0 Å². The maximum absolute atomic E-state index is 4.71. The molecule has 0 amide bonds. The third-order valence-corrected chi connectivity index (χ3v) is 4.19. The molecule has 147 valence electrons. The van der Waals surface area contributed by atoms with Gasteiger partial charge in [-0.2, -0.15) is 0 Å². The van der Waals surface area contributed by atoms with Gasteiger partial charge in [-0.1, -0.05) is 48.5 Å². The Balaban J connectivity index is 0.000000878. The molecule has 0 aliphatic rings. The van der Waals surface area contributed by atoms with Gasteiger partial charge in [0.15, 0.2) is 0 Å². The number of hydrogen-bond acceptors (Lipinski definition) is 2. The first kappa shape index (κ1) is 22.8. The van der Waals surface area contributed by atoms with Crippen molar-refractivity contribution in [3.8, 4) is 0 Å². The number of benzene rings is 2. The summed E-state index contributed by atoms with van der Waals surface area (Å²) >= 11 is 7.00. The summed E-state index contributed by atoms with van der Waals surface area (Å²) in [5.41, 5.74) is 7.87. The van der Waals surface area contributed by atoms with Crippen LogP contribution in [-0.2, 0) is 11.3 Å². The van der Waals surface area contributed by atoms with Gasteiger partial charge in [-0.3, -0.25) is 9.98 Å². The van der Waals surface area contributed by atoms with Crippen LogP contribution in [0.5, 0.6) is 0 Å². The van der Waals surface area contributed by atoms with E-state index in [1.54, 1.807) is 0 Å².